The molecule has 2 heterocycles. The van der Waals surface area contributed by atoms with E-state index in [4.69, 9.17) is 9.47 Å². The molecular formula is C14H25NO4. The number of carboxylic acid groups (broad SMARTS) is 1. The van der Waals surface area contributed by atoms with E-state index in [-0.39, 0.29) is 0 Å². The third-order valence-corrected chi connectivity index (χ3v) is 4.55. The summed E-state index contributed by atoms with van der Waals surface area (Å²) >= 11 is 0. The van der Waals surface area contributed by atoms with Crippen molar-refractivity contribution in [1.82, 2.24) is 4.90 Å². The fourth-order valence-electron chi connectivity index (χ4n) is 3.31. The average Bonchev–Trinajstić information content (AvgIpc) is 2.46. The van der Waals surface area contributed by atoms with E-state index < -0.39 is 11.4 Å². The standard InChI is InChI=1S/C14H25NO4/c1-18-10-6-14(13(16)17)5-2-7-15(11-14)12-3-8-19-9-4-12/h12H,2-11H2,1H3,(H,16,17)/t14-/m0/s1. The molecule has 2 saturated heterocycles. The van der Waals surface area contributed by atoms with Gasteiger partial charge in [0.2, 0.25) is 0 Å². The first-order chi connectivity index (χ1) is 9.18. The number of hydrogen-bond donors (Lipinski definition) is 1. The van der Waals surface area contributed by atoms with Crippen LogP contribution in [0.4, 0.5) is 0 Å². The maximum atomic E-state index is 11.7. The molecule has 0 aliphatic carbocycles. The van der Waals surface area contributed by atoms with Crippen molar-refractivity contribution in [3.05, 3.63) is 0 Å². The Labute approximate surface area is 114 Å². The second-order valence-electron chi connectivity index (χ2n) is 5.75. The van der Waals surface area contributed by atoms with Crippen molar-refractivity contribution in [1.29, 1.82) is 0 Å². The van der Waals surface area contributed by atoms with Crippen molar-refractivity contribution in [2.75, 3.05) is 40.0 Å². The SMILES string of the molecule is COCC[C@@]1(C(=O)O)CCCN(C2CCOCC2)C1. The third-order valence-electron chi connectivity index (χ3n) is 4.55. The molecule has 0 saturated carbocycles. The van der Waals surface area contributed by atoms with Gasteiger partial charge in [0.05, 0.1) is 5.41 Å². The lowest BCUT2D eigenvalue weighted by Gasteiger charge is -2.44. The minimum absolute atomic E-state index is 0.496. The summed E-state index contributed by atoms with van der Waals surface area (Å²) in [6.45, 7) is 3.82. The Morgan fingerprint density at radius 1 is 1.47 bits per heavy atom. The van der Waals surface area contributed by atoms with Gasteiger partial charge in [0.25, 0.3) is 0 Å². The molecule has 0 radical (unpaired) electrons. The van der Waals surface area contributed by atoms with Crippen LogP contribution in [0.25, 0.3) is 0 Å². The van der Waals surface area contributed by atoms with E-state index in [9.17, 15) is 9.90 Å². The highest BCUT2D eigenvalue weighted by Gasteiger charge is 2.43. The number of rotatable bonds is 5. The number of nitrogens with zero attached hydrogens (tertiary/aromatic N) is 1. The molecule has 5 nitrogen and oxygen atoms in total. The second-order valence-corrected chi connectivity index (χ2v) is 5.75. The second kappa shape index (κ2) is 6.68. The molecule has 0 amide bonds. The highest BCUT2D eigenvalue weighted by atomic mass is 16.5. The van der Waals surface area contributed by atoms with Crippen LogP contribution in [0.2, 0.25) is 0 Å². The van der Waals surface area contributed by atoms with Crippen molar-refractivity contribution in [2.24, 2.45) is 5.41 Å². The molecule has 1 N–H and O–H groups in total. The molecule has 110 valence electrons. The summed E-state index contributed by atoms with van der Waals surface area (Å²) in [5.74, 6) is -0.665. The van der Waals surface area contributed by atoms with Crippen LogP contribution in [-0.2, 0) is 14.3 Å². The molecule has 1 atom stereocenters. The highest BCUT2D eigenvalue weighted by Crippen LogP contribution is 2.35. The summed E-state index contributed by atoms with van der Waals surface area (Å²) in [5, 5.41) is 9.62. The van der Waals surface area contributed by atoms with Crippen LogP contribution in [0.15, 0.2) is 0 Å². The summed E-state index contributed by atoms with van der Waals surface area (Å²) in [4.78, 5) is 14.1. The minimum Gasteiger partial charge on any atom is -0.481 e. The maximum absolute atomic E-state index is 11.7. The molecular weight excluding hydrogens is 246 g/mol. The Morgan fingerprint density at radius 2 is 2.21 bits per heavy atom. The first kappa shape index (κ1) is 14.8. The van der Waals surface area contributed by atoms with Gasteiger partial charge in [0.15, 0.2) is 0 Å². The molecule has 5 heteroatoms. The summed E-state index contributed by atoms with van der Waals surface area (Å²) in [6.07, 6.45) is 4.40. The molecule has 2 aliphatic rings. The van der Waals surface area contributed by atoms with E-state index in [1.165, 1.54) is 0 Å². The molecule has 0 aromatic carbocycles. The van der Waals surface area contributed by atoms with Gasteiger partial charge in [-0.1, -0.05) is 0 Å². The van der Waals surface area contributed by atoms with Crippen LogP contribution in [0.5, 0.6) is 0 Å². The van der Waals surface area contributed by atoms with Gasteiger partial charge in [0.1, 0.15) is 0 Å². The zero-order chi connectivity index (χ0) is 13.7. The molecule has 0 aromatic rings. The normalized spacial score (nSPS) is 30.4. The van der Waals surface area contributed by atoms with Crippen molar-refractivity contribution in [3.63, 3.8) is 0 Å². The van der Waals surface area contributed by atoms with Crippen molar-refractivity contribution < 1.29 is 19.4 Å². The number of ether oxygens (including phenoxy) is 2. The van der Waals surface area contributed by atoms with Gasteiger partial charge in [-0.15, -0.1) is 0 Å². The van der Waals surface area contributed by atoms with Crippen molar-refractivity contribution in [3.8, 4) is 0 Å². The fraction of sp³-hybridized carbons (Fsp3) is 0.929. The maximum Gasteiger partial charge on any atom is 0.311 e. The van der Waals surface area contributed by atoms with E-state index >= 15 is 0 Å². The summed E-state index contributed by atoms with van der Waals surface area (Å²) in [5.41, 5.74) is -0.618. The molecule has 0 bridgehead atoms. The molecule has 19 heavy (non-hydrogen) atoms. The van der Waals surface area contributed by atoms with Crippen LogP contribution in [0.3, 0.4) is 0 Å². The van der Waals surface area contributed by atoms with E-state index in [0.717, 1.165) is 45.4 Å². The van der Waals surface area contributed by atoms with Gasteiger partial charge in [-0.2, -0.15) is 0 Å². The Hall–Kier alpha value is -0.650. The smallest absolute Gasteiger partial charge is 0.311 e. The minimum atomic E-state index is -0.665. The molecule has 2 aliphatic heterocycles. The zero-order valence-electron chi connectivity index (χ0n) is 11.8. The van der Waals surface area contributed by atoms with E-state index in [0.29, 0.717) is 25.6 Å². The molecule has 0 aromatic heterocycles. The fourth-order valence-corrected chi connectivity index (χ4v) is 3.31. The first-order valence-electron chi connectivity index (χ1n) is 7.22. The molecule has 2 rings (SSSR count). The third kappa shape index (κ3) is 3.46. The Bertz CT molecular complexity index is 304. The number of hydrogen-bond acceptors (Lipinski definition) is 4. The zero-order valence-corrected chi connectivity index (χ0v) is 11.8. The van der Waals surface area contributed by atoms with Gasteiger partial charge in [-0.05, 0) is 38.6 Å². The average molecular weight is 271 g/mol. The van der Waals surface area contributed by atoms with E-state index in [1.807, 2.05) is 0 Å². The predicted molar refractivity (Wildman–Crippen MR) is 71.2 cm³/mol. The van der Waals surface area contributed by atoms with Gasteiger partial charge in [-0.25, -0.2) is 0 Å². The van der Waals surface area contributed by atoms with Gasteiger partial charge < -0.3 is 14.6 Å². The molecule has 0 unspecified atom stereocenters. The lowest BCUT2D eigenvalue weighted by atomic mass is 9.76. The van der Waals surface area contributed by atoms with Crippen molar-refractivity contribution in [2.45, 2.75) is 38.1 Å². The number of methoxy groups -OCH3 is 1. The first-order valence-corrected chi connectivity index (χ1v) is 7.22. The molecule has 0 spiro atoms. The lowest BCUT2D eigenvalue weighted by molar-refractivity contribution is -0.155. The summed E-state index contributed by atoms with van der Waals surface area (Å²) in [7, 11) is 1.63. The molecule has 2 fully saturated rings. The van der Waals surface area contributed by atoms with Crippen LogP contribution < -0.4 is 0 Å². The van der Waals surface area contributed by atoms with Gasteiger partial charge in [-0.3, -0.25) is 9.69 Å². The van der Waals surface area contributed by atoms with Crippen molar-refractivity contribution >= 4 is 5.97 Å². The monoisotopic (exact) mass is 271 g/mol. The van der Waals surface area contributed by atoms with E-state index in [2.05, 4.69) is 4.90 Å². The number of piperidine rings is 1. The summed E-state index contributed by atoms with van der Waals surface area (Å²) < 4.78 is 10.5. The Kier molecular flexibility index (Phi) is 5.19. The Balaban J connectivity index is 2.01. The lowest BCUT2D eigenvalue weighted by Crippen LogP contribution is -2.52. The predicted octanol–water partition coefficient (Wildman–Crippen LogP) is 1.37. The van der Waals surface area contributed by atoms with Crippen LogP contribution in [0, 0.1) is 5.41 Å². The van der Waals surface area contributed by atoms with Gasteiger partial charge >= 0.3 is 5.97 Å². The summed E-state index contributed by atoms with van der Waals surface area (Å²) in [6, 6.07) is 0.496. The topological polar surface area (TPSA) is 59.0 Å². The largest absolute Gasteiger partial charge is 0.481 e. The number of carbonyl (C=O) groups is 1. The highest BCUT2D eigenvalue weighted by molar-refractivity contribution is 5.75. The van der Waals surface area contributed by atoms with E-state index in [1.54, 1.807) is 7.11 Å². The van der Waals surface area contributed by atoms with Crippen LogP contribution >= 0.6 is 0 Å². The quantitative estimate of drug-likeness (QED) is 0.818. The van der Waals surface area contributed by atoms with Crippen LogP contribution in [-0.4, -0.2) is 62.0 Å². The number of likely N-dealkylation sites (tertiary alicyclic amines) is 1. The number of aliphatic carboxylic acids is 1. The van der Waals surface area contributed by atoms with Gasteiger partial charge in [0, 0.05) is 39.5 Å². The van der Waals surface area contributed by atoms with Crippen LogP contribution in [0.1, 0.15) is 32.1 Å². The number of carboxylic acids is 1. The Morgan fingerprint density at radius 3 is 2.84 bits per heavy atom.